The molecule has 0 fully saturated rings. The van der Waals surface area contributed by atoms with Crippen LogP contribution in [0.2, 0.25) is 0 Å². The number of rotatable bonds is 3. The van der Waals surface area contributed by atoms with Gasteiger partial charge in [-0.05, 0) is 30.7 Å². The van der Waals surface area contributed by atoms with Crippen LogP contribution in [0, 0.1) is 0 Å². The third-order valence-electron chi connectivity index (χ3n) is 5.19. The van der Waals surface area contributed by atoms with Gasteiger partial charge >= 0.3 is 6.18 Å². The smallest absolute Gasteiger partial charge is 0.310 e. The first-order valence-electron chi connectivity index (χ1n) is 10.0. The van der Waals surface area contributed by atoms with Crippen molar-refractivity contribution in [3.8, 4) is 11.3 Å². The minimum absolute atomic E-state index is 0.130. The number of benzene rings is 2. The minimum Gasteiger partial charge on any atom is -0.310 e. The third-order valence-corrected chi connectivity index (χ3v) is 6.42. The van der Waals surface area contributed by atoms with Gasteiger partial charge in [-0.2, -0.15) is 18.3 Å². The number of amides is 1. The van der Waals surface area contributed by atoms with Crippen LogP contribution in [0.25, 0.3) is 11.3 Å². The first-order chi connectivity index (χ1) is 15.2. The number of alkyl halides is 3. The molecule has 0 aliphatic carbocycles. The van der Waals surface area contributed by atoms with Crippen LogP contribution in [0.1, 0.15) is 18.9 Å². The molecule has 3 aromatic rings. The number of hydrogen-bond acceptors (Lipinski definition) is 4. The summed E-state index contributed by atoms with van der Waals surface area (Å²) in [4.78, 5) is 27.5. The monoisotopic (exact) mass is 459 g/mol. The van der Waals surface area contributed by atoms with E-state index < -0.39 is 23.2 Å². The molecule has 1 atom stereocenters. The van der Waals surface area contributed by atoms with Crippen molar-refractivity contribution in [3.05, 3.63) is 76.6 Å². The second kappa shape index (κ2) is 8.82. The number of thioether (sulfide) groups is 1. The van der Waals surface area contributed by atoms with Crippen LogP contribution >= 0.6 is 11.8 Å². The van der Waals surface area contributed by atoms with Gasteiger partial charge in [-0.25, -0.2) is 4.68 Å². The molecule has 1 unspecified atom stereocenters. The van der Waals surface area contributed by atoms with Crippen molar-refractivity contribution in [2.45, 2.75) is 36.2 Å². The molecule has 0 N–H and O–H groups in total. The standard InChI is InChI=1S/C23H20F3N3O2S/c1-15-11-12-28(19-13-17(23(24,25)26)7-9-20(19)32-15)22(31)14-29-21(30)10-8-18(27-29)16-5-3-2-4-6-16/h2-10,13,15H,11-12,14H2,1H3. The van der Waals surface area contributed by atoms with Crippen LogP contribution in [0.3, 0.4) is 0 Å². The highest BCUT2D eigenvalue weighted by Gasteiger charge is 2.33. The molecule has 32 heavy (non-hydrogen) atoms. The van der Waals surface area contributed by atoms with E-state index in [1.165, 1.54) is 28.8 Å². The highest BCUT2D eigenvalue weighted by Crippen LogP contribution is 2.41. The van der Waals surface area contributed by atoms with Gasteiger partial charge in [0.1, 0.15) is 6.54 Å². The fourth-order valence-electron chi connectivity index (χ4n) is 3.51. The van der Waals surface area contributed by atoms with E-state index in [1.54, 1.807) is 6.07 Å². The summed E-state index contributed by atoms with van der Waals surface area (Å²) in [6.07, 6.45) is -3.91. The van der Waals surface area contributed by atoms with Gasteiger partial charge in [-0.1, -0.05) is 37.3 Å². The second-order valence-electron chi connectivity index (χ2n) is 7.52. The summed E-state index contributed by atoms with van der Waals surface area (Å²) in [5.74, 6) is -0.486. The number of anilines is 1. The molecule has 166 valence electrons. The van der Waals surface area contributed by atoms with Crippen LogP contribution in [0.15, 0.2) is 70.4 Å². The summed E-state index contributed by atoms with van der Waals surface area (Å²) in [5.41, 5.74) is 0.253. The fourth-order valence-corrected chi connectivity index (χ4v) is 4.60. The van der Waals surface area contributed by atoms with Crippen molar-refractivity contribution < 1.29 is 18.0 Å². The summed E-state index contributed by atoms with van der Waals surface area (Å²) < 4.78 is 41.0. The maximum absolute atomic E-state index is 13.3. The molecular weight excluding hydrogens is 439 g/mol. The molecule has 1 aliphatic rings. The number of carbonyl (C=O) groups excluding carboxylic acids is 1. The number of nitrogens with zero attached hydrogens (tertiary/aromatic N) is 3. The summed E-state index contributed by atoms with van der Waals surface area (Å²) in [6.45, 7) is 1.86. The number of carbonyl (C=O) groups is 1. The lowest BCUT2D eigenvalue weighted by Crippen LogP contribution is -2.38. The van der Waals surface area contributed by atoms with E-state index in [9.17, 15) is 22.8 Å². The SMILES string of the molecule is CC1CCN(C(=O)Cn2nc(-c3ccccc3)ccc2=O)c2cc(C(F)(F)F)ccc2S1. The molecular formula is C23H20F3N3O2S. The Morgan fingerprint density at radius 2 is 1.88 bits per heavy atom. The summed E-state index contributed by atoms with van der Waals surface area (Å²) in [6, 6.07) is 15.6. The van der Waals surface area contributed by atoms with E-state index in [0.29, 0.717) is 17.0 Å². The van der Waals surface area contributed by atoms with Crippen molar-refractivity contribution in [1.29, 1.82) is 0 Å². The summed E-state index contributed by atoms with van der Waals surface area (Å²) in [7, 11) is 0. The van der Waals surface area contributed by atoms with E-state index >= 15 is 0 Å². The van der Waals surface area contributed by atoms with E-state index in [-0.39, 0.29) is 24.0 Å². The van der Waals surface area contributed by atoms with Crippen LogP contribution in [-0.4, -0.2) is 27.5 Å². The molecule has 0 radical (unpaired) electrons. The Kier molecular flexibility index (Phi) is 6.10. The van der Waals surface area contributed by atoms with Gasteiger partial charge in [0.2, 0.25) is 5.91 Å². The van der Waals surface area contributed by atoms with Gasteiger partial charge < -0.3 is 4.90 Å². The Morgan fingerprint density at radius 3 is 2.59 bits per heavy atom. The lowest BCUT2D eigenvalue weighted by Gasteiger charge is -2.24. The predicted molar refractivity (Wildman–Crippen MR) is 118 cm³/mol. The van der Waals surface area contributed by atoms with Gasteiger partial charge in [-0.3, -0.25) is 9.59 Å². The summed E-state index contributed by atoms with van der Waals surface area (Å²) in [5, 5.41) is 4.43. The van der Waals surface area contributed by atoms with E-state index in [0.717, 1.165) is 22.4 Å². The Hall–Kier alpha value is -3.07. The van der Waals surface area contributed by atoms with Gasteiger partial charge in [0.15, 0.2) is 0 Å². The Morgan fingerprint density at radius 1 is 1.12 bits per heavy atom. The number of halogens is 3. The number of aromatic nitrogens is 2. The maximum Gasteiger partial charge on any atom is 0.416 e. The fraction of sp³-hybridized carbons (Fsp3) is 0.261. The normalized spacial score (nSPS) is 16.4. The van der Waals surface area contributed by atoms with Crippen LogP contribution in [0.5, 0.6) is 0 Å². The molecule has 1 aromatic heterocycles. The van der Waals surface area contributed by atoms with Crippen molar-refractivity contribution in [3.63, 3.8) is 0 Å². The zero-order valence-electron chi connectivity index (χ0n) is 17.2. The van der Waals surface area contributed by atoms with E-state index in [2.05, 4.69) is 5.10 Å². The van der Waals surface area contributed by atoms with Gasteiger partial charge in [0, 0.05) is 28.3 Å². The highest BCUT2D eigenvalue weighted by atomic mass is 32.2. The lowest BCUT2D eigenvalue weighted by molar-refractivity contribution is -0.137. The average Bonchev–Trinajstić information content (AvgIpc) is 2.93. The lowest BCUT2D eigenvalue weighted by atomic mass is 10.1. The molecule has 0 bridgehead atoms. The van der Waals surface area contributed by atoms with E-state index in [1.807, 2.05) is 37.3 Å². The van der Waals surface area contributed by atoms with Gasteiger partial charge in [-0.15, -0.1) is 11.8 Å². The first-order valence-corrected chi connectivity index (χ1v) is 10.9. The molecule has 0 spiro atoms. The number of fused-ring (bicyclic) bond motifs is 1. The minimum atomic E-state index is -4.52. The largest absolute Gasteiger partial charge is 0.416 e. The van der Waals surface area contributed by atoms with Crippen LogP contribution in [-0.2, 0) is 17.5 Å². The average molecular weight is 459 g/mol. The van der Waals surface area contributed by atoms with E-state index in [4.69, 9.17) is 0 Å². The quantitative estimate of drug-likeness (QED) is 0.562. The highest BCUT2D eigenvalue weighted by molar-refractivity contribution is 8.00. The Balaban J connectivity index is 1.68. The molecule has 2 heterocycles. The predicted octanol–water partition coefficient (Wildman–Crippen LogP) is 4.85. The molecule has 1 aliphatic heterocycles. The summed E-state index contributed by atoms with van der Waals surface area (Å²) >= 11 is 1.44. The van der Waals surface area contributed by atoms with Crippen molar-refractivity contribution in [1.82, 2.24) is 9.78 Å². The molecule has 5 nitrogen and oxygen atoms in total. The molecule has 1 amide bonds. The molecule has 0 saturated heterocycles. The molecule has 2 aromatic carbocycles. The van der Waals surface area contributed by atoms with Crippen molar-refractivity contribution >= 4 is 23.4 Å². The van der Waals surface area contributed by atoms with Crippen LogP contribution < -0.4 is 10.5 Å². The van der Waals surface area contributed by atoms with Gasteiger partial charge in [0.25, 0.3) is 5.56 Å². The molecule has 0 saturated carbocycles. The third kappa shape index (κ3) is 4.72. The maximum atomic E-state index is 13.3. The van der Waals surface area contributed by atoms with Crippen LogP contribution in [0.4, 0.5) is 18.9 Å². The Bertz CT molecular complexity index is 1200. The van der Waals surface area contributed by atoms with Crippen molar-refractivity contribution in [2.75, 3.05) is 11.4 Å². The molecule has 9 heteroatoms. The van der Waals surface area contributed by atoms with Gasteiger partial charge in [0.05, 0.1) is 16.9 Å². The first kappa shape index (κ1) is 22.1. The van der Waals surface area contributed by atoms with Crippen molar-refractivity contribution in [2.24, 2.45) is 0 Å². The molecule has 4 rings (SSSR count). The number of hydrogen-bond donors (Lipinski definition) is 0. The topological polar surface area (TPSA) is 55.2 Å². The zero-order chi connectivity index (χ0) is 22.9. The Labute approximate surface area is 186 Å². The second-order valence-corrected chi connectivity index (χ2v) is 9.00. The zero-order valence-corrected chi connectivity index (χ0v) is 18.0.